The van der Waals surface area contributed by atoms with Gasteiger partial charge in [-0.05, 0) is 32.9 Å². The van der Waals surface area contributed by atoms with Crippen molar-refractivity contribution in [1.29, 1.82) is 0 Å². The molecule has 0 unspecified atom stereocenters. The molecule has 0 heterocycles. The van der Waals surface area contributed by atoms with E-state index < -0.39 is 0 Å². The van der Waals surface area contributed by atoms with Crippen molar-refractivity contribution in [3.05, 3.63) is 42.2 Å². The van der Waals surface area contributed by atoms with Gasteiger partial charge in [-0.15, -0.1) is 0 Å². The normalized spacial score (nSPS) is 12.1. The van der Waals surface area contributed by atoms with Gasteiger partial charge in [0.05, 0.1) is 18.6 Å². The minimum Gasteiger partial charge on any atom is -0.353 e. The minimum atomic E-state index is 0.644. The summed E-state index contributed by atoms with van der Waals surface area (Å²) in [4.78, 5) is 10.0. The Balaban J connectivity index is 2.65. The average Bonchev–Trinajstić information content (AvgIpc) is 2.30. The first-order valence-corrected chi connectivity index (χ1v) is 5.35. The minimum absolute atomic E-state index is 0.644. The highest BCUT2D eigenvalue weighted by Gasteiger charge is 1.94. The van der Waals surface area contributed by atoms with Crippen LogP contribution < -0.4 is 5.32 Å². The predicted octanol–water partition coefficient (Wildman–Crippen LogP) is 2.23. The molecule has 0 amide bonds. The summed E-state index contributed by atoms with van der Waals surface area (Å²) in [6.07, 6.45) is 3.40. The van der Waals surface area contributed by atoms with E-state index in [-0.39, 0.29) is 0 Å². The van der Waals surface area contributed by atoms with Gasteiger partial charge in [0.25, 0.3) is 0 Å². The Kier molecular flexibility index (Phi) is 5.68. The van der Waals surface area contributed by atoms with Gasteiger partial charge in [0.1, 0.15) is 0 Å². The third-order valence-electron chi connectivity index (χ3n) is 1.89. The molecule has 0 bridgehead atoms. The molecule has 0 aromatic heterocycles. The van der Waals surface area contributed by atoms with Crippen molar-refractivity contribution in [2.75, 3.05) is 26.1 Å². The largest absolute Gasteiger partial charge is 0.353 e. The lowest BCUT2D eigenvalue weighted by molar-refractivity contribution is 0.425. The molecule has 1 rings (SSSR count). The number of rotatable bonds is 6. The summed E-state index contributed by atoms with van der Waals surface area (Å²) in [5.41, 5.74) is 1.81. The molecule has 0 saturated heterocycles. The van der Waals surface area contributed by atoms with Crippen LogP contribution in [0.5, 0.6) is 0 Å². The Morgan fingerprint density at radius 1 is 1.35 bits per heavy atom. The van der Waals surface area contributed by atoms with E-state index in [4.69, 9.17) is 0 Å². The van der Waals surface area contributed by atoms with Gasteiger partial charge in [-0.1, -0.05) is 18.2 Å². The van der Waals surface area contributed by atoms with E-state index in [1.807, 2.05) is 49.3 Å². The van der Waals surface area contributed by atoms with Gasteiger partial charge in [0.15, 0.2) is 0 Å². The lowest BCUT2D eigenvalue weighted by Gasteiger charge is -2.07. The first-order valence-electron chi connectivity index (χ1n) is 5.35. The summed E-state index contributed by atoms with van der Waals surface area (Å²) in [7, 11) is 3.94. The van der Waals surface area contributed by atoms with Crippen LogP contribution >= 0.6 is 0 Å². The lowest BCUT2D eigenvalue weighted by atomic mass is 10.3. The number of benzene rings is 1. The molecular formula is C13H18N4. The summed E-state index contributed by atoms with van der Waals surface area (Å²) in [6, 6.07) is 9.88. The Hall–Kier alpha value is -1.94. The first kappa shape index (κ1) is 13.1. The molecule has 1 N–H and O–H groups in total. The van der Waals surface area contributed by atoms with Gasteiger partial charge < -0.3 is 5.32 Å². The van der Waals surface area contributed by atoms with Crippen molar-refractivity contribution in [2.24, 2.45) is 9.98 Å². The standard InChI is InChI=1S/C13H18N4/c1-14-9-13(10-15-11-17(2)3)16-12-7-5-4-6-8-12/h4-10,16H,1,11H2,2-3H3/b13-9+,15-10-. The second-order valence-electron chi connectivity index (χ2n) is 3.79. The maximum Gasteiger partial charge on any atom is 0.0905 e. The molecule has 0 aliphatic rings. The zero-order valence-electron chi connectivity index (χ0n) is 10.3. The van der Waals surface area contributed by atoms with Crippen molar-refractivity contribution in [3.63, 3.8) is 0 Å². The number of allylic oxidation sites excluding steroid dienone is 1. The molecule has 0 aliphatic carbocycles. The van der Waals surface area contributed by atoms with Crippen LogP contribution in [0.2, 0.25) is 0 Å². The van der Waals surface area contributed by atoms with Crippen molar-refractivity contribution in [3.8, 4) is 0 Å². The summed E-state index contributed by atoms with van der Waals surface area (Å²) >= 11 is 0. The monoisotopic (exact) mass is 230 g/mol. The number of anilines is 1. The molecule has 4 heteroatoms. The molecule has 0 fully saturated rings. The van der Waals surface area contributed by atoms with E-state index in [9.17, 15) is 0 Å². The SMILES string of the molecule is C=N/C=C(\C=N/CN(C)C)Nc1ccccc1. The Morgan fingerprint density at radius 3 is 2.65 bits per heavy atom. The fourth-order valence-electron chi connectivity index (χ4n) is 1.19. The molecule has 0 radical (unpaired) electrons. The van der Waals surface area contributed by atoms with Crippen molar-refractivity contribution in [2.45, 2.75) is 0 Å². The maximum absolute atomic E-state index is 4.27. The number of hydrogen-bond donors (Lipinski definition) is 1. The lowest BCUT2D eigenvalue weighted by Crippen LogP contribution is -2.11. The fourth-order valence-corrected chi connectivity index (χ4v) is 1.19. The Bertz CT molecular complexity index is 393. The number of aliphatic imine (C=N–C) groups is 2. The summed E-state index contributed by atoms with van der Waals surface area (Å²) in [5.74, 6) is 0. The molecule has 90 valence electrons. The third kappa shape index (κ3) is 5.63. The zero-order valence-corrected chi connectivity index (χ0v) is 10.3. The van der Waals surface area contributed by atoms with Gasteiger partial charge >= 0.3 is 0 Å². The summed E-state index contributed by atoms with van der Waals surface area (Å²) < 4.78 is 0. The molecule has 0 spiro atoms. The number of hydrogen-bond acceptors (Lipinski definition) is 4. The van der Waals surface area contributed by atoms with Gasteiger partial charge in [0, 0.05) is 11.9 Å². The fraction of sp³-hybridized carbons (Fsp3) is 0.231. The van der Waals surface area contributed by atoms with Crippen molar-refractivity contribution < 1.29 is 0 Å². The van der Waals surface area contributed by atoms with E-state index in [1.165, 1.54) is 0 Å². The van der Waals surface area contributed by atoms with E-state index in [0.717, 1.165) is 11.4 Å². The van der Waals surface area contributed by atoms with Crippen LogP contribution in [0.3, 0.4) is 0 Å². The quantitative estimate of drug-likeness (QED) is 0.761. The van der Waals surface area contributed by atoms with Crippen molar-refractivity contribution in [1.82, 2.24) is 4.90 Å². The maximum atomic E-state index is 4.27. The van der Waals surface area contributed by atoms with Crippen LogP contribution in [0.15, 0.2) is 52.2 Å². The van der Waals surface area contributed by atoms with Gasteiger partial charge in [-0.3, -0.25) is 14.9 Å². The molecule has 1 aromatic rings. The second-order valence-corrected chi connectivity index (χ2v) is 3.79. The third-order valence-corrected chi connectivity index (χ3v) is 1.89. The number of nitrogens with one attached hydrogen (secondary N) is 1. The smallest absolute Gasteiger partial charge is 0.0905 e. The van der Waals surface area contributed by atoms with E-state index in [2.05, 4.69) is 22.0 Å². The van der Waals surface area contributed by atoms with Gasteiger partial charge in [-0.2, -0.15) is 0 Å². The van der Waals surface area contributed by atoms with E-state index in [1.54, 1.807) is 12.4 Å². The first-order chi connectivity index (χ1) is 8.22. The Labute approximate surface area is 102 Å². The van der Waals surface area contributed by atoms with Crippen molar-refractivity contribution >= 4 is 18.6 Å². The highest BCUT2D eigenvalue weighted by atomic mass is 15.1. The molecule has 0 saturated carbocycles. The molecule has 4 nitrogen and oxygen atoms in total. The van der Waals surface area contributed by atoms with E-state index in [0.29, 0.717) is 6.67 Å². The van der Waals surface area contributed by atoms with E-state index >= 15 is 0 Å². The summed E-state index contributed by atoms with van der Waals surface area (Å²) in [5, 5.41) is 3.21. The molecular weight excluding hydrogens is 212 g/mol. The number of para-hydroxylation sites is 1. The predicted molar refractivity (Wildman–Crippen MR) is 74.7 cm³/mol. The zero-order chi connectivity index (χ0) is 12.5. The highest BCUT2D eigenvalue weighted by Crippen LogP contribution is 2.07. The summed E-state index contributed by atoms with van der Waals surface area (Å²) in [6.45, 7) is 4.09. The van der Waals surface area contributed by atoms with Gasteiger partial charge in [-0.25, -0.2) is 0 Å². The number of nitrogens with zero attached hydrogens (tertiary/aromatic N) is 3. The van der Waals surface area contributed by atoms with Crippen LogP contribution in [-0.4, -0.2) is 38.6 Å². The molecule has 1 aromatic carbocycles. The van der Waals surface area contributed by atoms with Gasteiger partial charge in [0.2, 0.25) is 0 Å². The molecule has 17 heavy (non-hydrogen) atoms. The van der Waals surface area contributed by atoms with Crippen LogP contribution in [0, 0.1) is 0 Å². The molecule has 0 aliphatic heterocycles. The van der Waals surface area contributed by atoms with Crippen LogP contribution in [0.4, 0.5) is 5.69 Å². The van der Waals surface area contributed by atoms with Crippen LogP contribution in [0.1, 0.15) is 0 Å². The van der Waals surface area contributed by atoms with Crippen LogP contribution in [-0.2, 0) is 0 Å². The molecule has 0 atom stereocenters. The highest BCUT2D eigenvalue weighted by molar-refractivity contribution is 5.83. The Morgan fingerprint density at radius 2 is 2.06 bits per heavy atom. The van der Waals surface area contributed by atoms with Crippen LogP contribution in [0.25, 0.3) is 0 Å². The average molecular weight is 230 g/mol. The second kappa shape index (κ2) is 7.35. The topological polar surface area (TPSA) is 40.0 Å².